The van der Waals surface area contributed by atoms with E-state index in [1.165, 1.54) is 0 Å². The Morgan fingerprint density at radius 2 is 1.86 bits per heavy atom. The molecule has 2 aromatic carbocycles. The van der Waals surface area contributed by atoms with Crippen molar-refractivity contribution in [2.24, 2.45) is 0 Å². The molecule has 10 heteroatoms. The molecule has 9 nitrogen and oxygen atoms in total. The predicted molar refractivity (Wildman–Crippen MR) is 137 cm³/mol. The number of aromatic nitrogens is 3. The number of carbonyl (C=O) groups excluding carboxylic acids is 2. The van der Waals surface area contributed by atoms with E-state index in [0.29, 0.717) is 35.1 Å². The highest BCUT2D eigenvalue weighted by Crippen LogP contribution is 2.51. The third kappa shape index (κ3) is 3.77. The fourth-order valence-corrected chi connectivity index (χ4v) is 5.46. The van der Waals surface area contributed by atoms with Gasteiger partial charge in [-0.05, 0) is 48.7 Å². The van der Waals surface area contributed by atoms with E-state index in [1.54, 1.807) is 64.1 Å². The molecule has 6 rings (SSSR count). The second-order valence-electron chi connectivity index (χ2n) is 9.62. The molecule has 0 unspecified atom stereocenters. The molecule has 37 heavy (non-hydrogen) atoms. The van der Waals surface area contributed by atoms with Crippen molar-refractivity contribution in [2.75, 3.05) is 13.6 Å². The molecular formula is C27H24ClN5O4. The van der Waals surface area contributed by atoms with Crippen LogP contribution in [-0.4, -0.2) is 61.0 Å². The molecule has 2 N–H and O–H groups in total. The van der Waals surface area contributed by atoms with Gasteiger partial charge < -0.3 is 19.9 Å². The Balaban J connectivity index is 1.24. The molecule has 1 aliphatic heterocycles. The van der Waals surface area contributed by atoms with Crippen LogP contribution in [0, 0.1) is 0 Å². The van der Waals surface area contributed by atoms with Gasteiger partial charge >= 0.3 is 5.97 Å². The molecule has 1 fully saturated rings. The van der Waals surface area contributed by atoms with Crippen molar-refractivity contribution in [2.45, 2.75) is 31.5 Å². The lowest BCUT2D eigenvalue weighted by Crippen LogP contribution is -2.41. The molecule has 0 saturated heterocycles. The highest BCUT2D eigenvalue weighted by molar-refractivity contribution is 6.35. The van der Waals surface area contributed by atoms with Crippen molar-refractivity contribution < 1.29 is 19.5 Å². The van der Waals surface area contributed by atoms with Crippen LogP contribution in [0.15, 0.2) is 54.7 Å². The average molecular weight is 518 g/mol. The van der Waals surface area contributed by atoms with Crippen molar-refractivity contribution in [3.05, 3.63) is 87.8 Å². The maximum atomic E-state index is 13.7. The van der Waals surface area contributed by atoms with Crippen molar-refractivity contribution >= 4 is 40.3 Å². The third-order valence-electron chi connectivity index (χ3n) is 7.57. The van der Waals surface area contributed by atoms with E-state index in [-0.39, 0.29) is 23.9 Å². The fourth-order valence-electron chi connectivity index (χ4n) is 5.24. The van der Waals surface area contributed by atoms with Gasteiger partial charge in [0.25, 0.3) is 11.8 Å². The van der Waals surface area contributed by atoms with Crippen LogP contribution in [0.5, 0.6) is 0 Å². The minimum atomic E-state index is -0.984. The van der Waals surface area contributed by atoms with E-state index < -0.39 is 11.5 Å². The zero-order chi connectivity index (χ0) is 25.9. The number of halogens is 1. The fraction of sp³-hybridized carbons (Fsp3) is 0.259. The summed E-state index contributed by atoms with van der Waals surface area (Å²) in [6, 6.07) is 13.9. The molecule has 3 heterocycles. The molecule has 2 amide bonds. The Labute approximate surface area is 217 Å². The minimum Gasteiger partial charge on any atom is -0.478 e. The van der Waals surface area contributed by atoms with E-state index in [4.69, 9.17) is 11.6 Å². The first kappa shape index (κ1) is 23.3. The summed E-state index contributed by atoms with van der Waals surface area (Å²) in [5.41, 5.74) is 3.04. The average Bonchev–Trinajstić information content (AvgIpc) is 3.41. The van der Waals surface area contributed by atoms with Gasteiger partial charge in [0.1, 0.15) is 5.69 Å². The number of nitrogens with one attached hydrogen (secondary N) is 1. The number of amides is 2. The van der Waals surface area contributed by atoms with Crippen molar-refractivity contribution in [3.8, 4) is 0 Å². The number of rotatable bonds is 5. The van der Waals surface area contributed by atoms with E-state index in [0.717, 1.165) is 29.3 Å². The van der Waals surface area contributed by atoms with Crippen molar-refractivity contribution in [3.63, 3.8) is 0 Å². The minimum absolute atomic E-state index is 0.163. The molecule has 188 valence electrons. The van der Waals surface area contributed by atoms with Crippen LogP contribution in [0.2, 0.25) is 5.02 Å². The molecule has 2 aromatic heterocycles. The van der Waals surface area contributed by atoms with Gasteiger partial charge in [-0.3, -0.25) is 14.3 Å². The molecule has 0 atom stereocenters. The summed E-state index contributed by atoms with van der Waals surface area (Å²) in [7, 11) is 1.77. The number of aromatic carboxylic acids is 1. The lowest BCUT2D eigenvalue weighted by atomic mass is 10.0. The van der Waals surface area contributed by atoms with Gasteiger partial charge in [0, 0.05) is 29.5 Å². The normalized spacial score (nSPS) is 15.9. The van der Waals surface area contributed by atoms with Gasteiger partial charge in [0.05, 0.1) is 41.6 Å². The summed E-state index contributed by atoms with van der Waals surface area (Å²) in [5, 5.41) is 15.0. The number of aromatic amines is 1. The van der Waals surface area contributed by atoms with E-state index in [2.05, 4.69) is 10.1 Å². The second-order valence-corrected chi connectivity index (χ2v) is 10.0. The number of nitrogens with zero attached hydrogens (tertiary/aromatic N) is 4. The van der Waals surface area contributed by atoms with Crippen LogP contribution in [0.25, 0.3) is 10.9 Å². The molecule has 4 aromatic rings. The molecule has 1 aliphatic carbocycles. The van der Waals surface area contributed by atoms with Crippen molar-refractivity contribution in [1.29, 1.82) is 0 Å². The number of H-pyrrole nitrogens is 1. The van der Waals surface area contributed by atoms with E-state index in [1.807, 2.05) is 12.1 Å². The van der Waals surface area contributed by atoms with Gasteiger partial charge in [-0.25, -0.2) is 4.79 Å². The summed E-state index contributed by atoms with van der Waals surface area (Å²) >= 11 is 6.28. The highest BCUT2D eigenvalue weighted by atomic mass is 35.5. The maximum absolute atomic E-state index is 13.7. The Morgan fingerprint density at radius 1 is 1.11 bits per heavy atom. The summed E-state index contributed by atoms with van der Waals surface area (Å²) in [5.74, 6) is -1.32. The van der Waals surface area contributed by atoms with Crippen molar-refractivity contribution in [1.82, 2.24) is 24.6 Å². The highest BCUT2D eigenvalue weighted by Gasteiger charge is 2.50. The first-order chi connectivity index (χ1) is 17.8. The first-order valence-electron chi connectivity index (χ1n) is 12.0. The SMILES string of the molecule is CN(C(=O)c1cnn2c1CN(C(=O)c1cc3c(Cl)cccc3[nH]1)CC2)C1(c2ccc(C(=O)O)cc2)CC1. The molecule has 0 radical (unpaired) electrons. The van der Waals surface area contributed by atoms with Gasteiger partial charge in [-0.2, -0.15) is 5.10 Å². The van der Waals surface area contributed by atoms with Crippen LogP contribution < -0.4 is 0 Å². The lowest BCUT2D eigenvalue weighted by Gasteiger charge is -2.31. The zero-order valence-corrected chi connectivity index (χ0v) is 20.8. The number of fused-ring (bicyclic) bond motifs is 2. The van der Waals surface area contributed by atoms with Gasteiger partial charge in [-0.15, -0.1) is 0 Å². The number of carboxylic acid groups (broad SMARTS) is 1. The summed E-state index contributed by atoms with van der Waals surface area (Å²) in [6.07, 6.45) is 3.16. The first-order valence-corrected chi connectivity index (χ1v) is 12.4. The number of carbonyl (C=O) groups is 3. The monoisotopic (exact) mass is 517 g/mol. The quantitative estimate of drug-likeness (QED) is 0.413. The summed E-state index contributed by atoms with van der Waals surface area (Å²) < 4.78 is 1.79. The van der Waals surface area contributed by atoms with Crippen LogP contribution in [0.3, 0.4) is 0 Å². The molecule has 0 spiro atoms. The summed E-state index contributed by atoms with van der Waals surface area (Å²) in [6.45, 7) is 1.22. The van der Waals surface area contributed by atoms with Crippen LogP contribution in [-0.2, 0) is 18.6 Å². The van der Waals surface area contributed by atoms with Gasteiger partial charge in [-0.1, -0.05) is 29.8 Å². The number of hydrogen-bond acceptors (Lipinski definition) is 4. The Kier molecular flexibility index (Phi) is 5.34. The van der Waals surface area contributed by atoms with Crippen LogP contribution in [0.4, 0.5) is 0 Å². The zero-order valence-electron chi connectivity index (χ0n) is 20.1. The maximum Gasteiger partial charge on any atom is 0.335 e. The molecule has 0 bridgehead atoms. The number of hydrogen-bond donors (Lipinski definition) is 2. The topological polar surface area (TPSA) is 112 Å². The molecule has 1 saturated carbocycles. The Bertz CT molecular complexity index is 1570. The lowest BCUT2D eigenvalue weighted by molar-refractivity contribution is 0.0669. The van der Waals surface area contributed by atoms with Gasteiger partial charge in [0.2, 0.25) is 0 Å². The Morgan fingerprint density at radius 3 is 2.54 bits per heavy atom. The summed E-state index contributed by atoms with van der Waals surface area (Å²) in [4.78, 5) is 44.8. The van der Waals surface area contributed by atoms with Gasteiger partial charge in [0.15, 0.2) is 0 Å². The smallest absolute Gasteiger partial charge is 0.335 e. The standard InChI is InChI=1S/C27H24ClN5O4/c1-31(27(9-10-27)17-7-5-16(6-8-17)26(36)37)24(34)19-14-29-33-12-11-32(15-23(19)33)25(35)22-13-18-20(28)3-2-4-21(18)30-22/h2-8,13-14,30H,9-12,15H2,1H3,(H,36,37). The van der Waals surface area contributed by atoms with Crippen LogP contribution in [0.1, 0.15) is 55.3 Å². The second kappa shape index (κ2) is 8.48. The van der Waals surface area contributed by atoms with Crippen LogP contribution >= 0.6 is 11.6 Å². The number of carboxylic acids is 1. The predicted octanol–water partition coefficient (Wildman–Crippen LogP) is 4.13. The third-order valence-corrected chi connectivity index (χ3v) is 7.90. The van der Waals surface area contributed by atoms with E-state index in [9.17, 15) is 19.5 Å². The van der Waals surface area contributed by atoms with E-state index >= 15 is 0 Å². The molecule has 2 aliphatic rings. The molecular weight excluding hydrogens is 494 g/mol. The largest absolute Gasteiger partial charge is 0.478 e. The Hall–Kier alpha value is -4.11. The number of benzene rings is 2.